The second-order valence-corrected chi connectivity index (χ2v) is 9.36. The highest BCUT2D eigenvalue weighted by molar-refractivity contribution is 6.05. The first-order valence-corrected chi connectivity index (χ1v) is 12.4. The van der Waals surface area contributed by atoms with Crippen molar-refractivity contribution < 1.29 is 19.4 Å². The van der Waals surface area contributed by atoms with Crippen LogP contribution in [-0.2, 0) is 0 Å². The van der Waals surface area contributed by atoms with Crippen LogP contribution in [-0.4, -0.2) is 30.8 Å². The van der Waals surface area contributed by atoms with Crippen LogP contribution in [0.1, 0.15) is 60.0 Å². The molecule has 0 heterocycles. The minimum atomic E-state index is -0.308. The summed E-state index contributed by atoms with van der Waals surface area (Å²) in [5.74, 6) is 1.75. The molecule has 0 saturated heterocycles. The Morgan fingerprint density at radius 1 is 0.971 bits per heavy atom. The molecule has 0 spiro atoms. The average molecular weight is 462 g/mol. The molecule has 0 radical (unpaired) electrons. The highest BCUT2D eigenvalue weighted by Gasteiger charge is 2.19. The van der Waals surface area contributed by atoms with E-state index in [1.807, 2.05) is 43.3 Å². The Kier molecular flexibility index (Phi) is 7.94. The number of carbonyl (C=O) groups is 1. The van der Waals surface area contributed by atoms with E-state index in [-0.39, 0.29) is 17.2 Å². The molecule has 2 N–H and O–H groups in total. The molecule has 5 heteroatoms. The van der Waals surface area contributed by atoms with E-state index < -0.39 is 0 Å². The van der Waals surface area contributed by atoms with E-state index in [0.717, 1.165) is 16.7 Å². The summed E-state index contributed by atoms with van der Waals surface area (Å²) in [5, 5.41) is 15.2. The molecule has 3 aromatic rings. The third kappa shape index (κ3) is 5.82. The van der Waals surface area contributed by atoms with Crippen molar-refractivity contribution in [2.45, 2.75) is 52.4 Å². The number of phenolic OH excluding ortho intramolecular Hbond substituents is 1. The van der Waals surface area contributed by atoms with E-state index in [4.69, 9.17) is 9.47 Å². The van der Waals surface area contributed by atoms with E-state index in [2.05, 4.69) is 18.3 Å². The van der Waals surface area contributed by atoms with Crippen molar-refractivity contribution in [3.63, 3.8) is 0 Å². The highest BCUT2D eigenvalue weighted by Crippen LogP contribution is 2.36. The smallest absolute Gasteiger partial charge is 0.255 e. The maximum absolute atomic E-state index is 12.9. The van der Waals surface area contributed by atoms with E-state index in [0.29, 0.717) is 43.2 Å². The number of nitrogens with one attached hydrogen (secondary N) is 1. The Morgan fingerprint density at radius 2 is 1.74 bits per heavy atom. The lowest BCUT2D eigenvalue weighted by Crippen LogP contribution is -2.26. The van der Waals surface area contributed by atoms with Crippen LogP contribution < -0.4 is 14.8 Å². The van der Waals surface area contributed by atoms with E-state index in [1.165, 1.54) is 37.7 Å². The number of phenols is 1. The highest BCUT2D eigenvalue weighted by atomic mass is 16.5. The molecule has 1 aliphatic rings. The van der Waals surface area contributed by atoms with Gasteiger partial charge in [-0.25, -0.2) is 0 Å². The molecule has 0 bridgehead atoms. The molecular formula is C29H35NO4. The minimum Gasteiger partial charge on any atom is -0.506 e. The van der Waals surface area contributed by atoms with Crippen LogP contribution in [0.15, 0.2) is 48.5 Å². The fraction of sp³-hybridized carbons (Fsp3) is 0.414. The average Bonchev–Trinajstić information content (AvgIpc) is 2.85. The Hall–Kier alpha value is -3.21. The van der Waals surface area contributed by atoms with Gasteiger partial charge < -0.3 is 19.9 Å². The molecule has 1 fully saturated rings. The Balaban J connectivity index is 1.38. The largest absolute Gasteiger partial charge is 0.506 e. The van der Waals surface area contributed by atoms with Crippen LogP contribution in [0.3, 0.4) is 0 Å². The molecular weight excluding hydrogens is 426 g/mol. The van der Waals surface area contributed by atoms with Crippen molar-refractivity contribution in [1.29, 1.82) is 0 Å². The summed E-state index contributed by atoms with van der Waals surface area (Å²) in [6, 6.07) is 15.3. The first-order valence-electron chi connectivity index (χ1n) is 12.4. The molecule has 180 valence electrons. The van der Waals surface area contributed by atoms with Crippen LogP contribution >= 0.6 is 0 Å². The third-order valence-electron chi connectivity index (χ3n) is 6.62. The first-order chi connectivity index (χ1) is 16.5. The van der Waals surface area contributed by atoms with Gasteiger partial charge in [-0.3, -0.25) is 4.79 Å². The maximum Gasteiger partial charge on any atom is 0.255 e. The number of rotatable bonds is 9. The van der Waals surface area contributed by atoms with Gasteiger partial charge in [0.05, 0.1) is 18.8 Å². The second kappa shape index (κ2) is 11.3. The Labute approximate surface area is 202 Å². The normalized spacial score (nSPS) is 14.2. The number of aryl methyl sites for hydroxylation is 2. The molecule has 0 aromatic heterocycles. The minimum absolute atomic E-state index is 0.00959. The topological polar surface area (TPSA) is 67.8 Å². The summed E-state index contributed by atoms with van der Waals surface area (Å²) in [4.78, 5) is 12.9. The lowest BCUT2D eigenvalue weighted by atomic mass is 9.90. The van der Waals surface area contributed by atoms with Crippen LogP contribution in [0.5, 0.6) is 17.2 Å². The van der Waals surface area contributed by atoms with Crippen molar-refractivity contribution in [3.8, 4) is 17.2 Å². The van der Waals surface area contributed by atoms with Gasteiger partial charge in [-0.2, -0.15) is 0 Å². The van der Waals surface area contributed by atoms with Gasteiger partial charge in [-0.15, -0.1) is 0 Å². The third-order valence-corrected chi connectivity index (χ3v) is 6.62. The lowest BCUT2D eigenvalue weighted by Gasteiger charge is -2.22. The predicted octanol–water partition coefficient (Wildman–Crippen LogP) is 6.32. The molecule has 0 atom stereocenters. The summed E-state index contributed by atoms with van der Waals surface area (Å²) in [5.41, 5.74) is 2.55. The molecule has 34 heavy (non-hydrogen) atoms. The van der Waals surface area contributed by atoms with Crippen LogP contribution in [0, 0.1) is 19.8 Å². The zero-order valence-corrected chi connectivity index (χ0v) is 20.2. The molecule has 1 saturated carbocycles. The van der Waals surface area contributed by atoms with Gasteiger partial charge >= 0.3 is 0 Å². The van der Waals surface area contributed by atoms with Crippen molar-refractivity contribution in [2.75, 3.05) is 19.8 Å². The summed E-state index contributed by atoms with van der Waals surface area (Å²) in [6.45, 7) is 5.69. The van der Waals surface area contributed by atoms with E-state index in [9.17, 15) is 9.90 Å². The standard InChI is InChI=1S/C29H35NO4/c1-20-13-14-26(21(2)17-20)33-16-8-15-30-29(32)25-18-27(34-19-22-9-4-3-5-10-22)23-11-6-7-12-24(23)28(25)31/h6-7,11-14,17-18,22,31H,3-5,8-10,15-16,19H2,1-2H3,(H,30,32). The van der Waals surface area contributed by atoms with Crippen LogP contribution in [0.4, 0.5) is 0 Å². The molecule has 3 aromatic carbocycles. The summed E-state index contributed by atoms with van der Waals surface area (Å²) < 4.78 is 12.1. The van der Waals surface area contributed by atoms with Crippen molar-refractivity contribution in [2.24, 2.45) is 5.92 Å². The monoisotopic (exact) mass is 461 g/mol. The molecule has 1 amide bonds. The number of benzene rings is 3. The van der Waals surface area contributed by atoms with Crippen molar-refractivity contribution in [1.82, 2.24) is 5.32 Å². The molecule has 4 rings (SSSR count). The second-order valence-electron chi connectivity index (χ2n) is 9.36. The van der Waals surface area contributed by atoms with Crippen molar-refractivity contribution >= 4 is 16.7 Å². The number of ether oxygens (including phenoxy) is 2. The number of fused-ring (bicyclic) bond motifs is 1. The zero-order valence-electron chi connectivity index (χ0n) is 20.2. The fourth-order valence-electron chi connectivity index (χ4n) is 4.69. The van der Waals surface area contributed by atoms with Gasteiger partial charge in [0, 0.05) is 17.3 Å². The van der Waals surface area contributed by atoms with E-state index in [1.54, 1.807) is 6.07 Å². The number of amides is 1. The van der Waals surface area contributed by atoms with Gasteiger partial charge in [0.2, 0.25) is 0 Å². The molecule has 0 unspecified atom stereocenters. The maximum atomic E-state index is 12.9. The van der Waals surface area contributed by atoms with Crippen molar-refractivity contribution in [3.05, 3.63) is 65.2 Å². The van der Waals surface area contributed by atoms with Crippen LogP contribution in [0.2, 0.25) is 0 Å². The van der Waals surface area contributed by atoms with Gasteiger partial charge in [0.15, 0.2) is 0 Å². The van der Waals surface area contributed by atoms with Gasteiger partial charge in [0.25, 0.3) is 5.91 Å². The van der Waals surface area contributed by atoms with Crippen LogP contribution in [0.25, 0.3) is 10.8 Å². The van der Waals surface area contributed by atoms with E-state index >= 15 is 0 Å². The number of carbonyl (C=O) groups excluding carboxylic acids is 1. The fourth-order valence-corrected chi connectivity index (χ4v) is 4.69. The first kappa shape index (κ1) is 23.9. The summed E-state index contributed by atoms with van der Waals surface area (Å²) in [7, 11) is 0. The van der Waals surface area contributed by atoms with Gasteiger partial charge in [-0.1, -0.05) is 61.2 Å². The SMILES string of the molecule is Cc1ccc(OCCCNC(=O)c2cc(OCC3CCCCC3)c3ccccc3c2O)c(C)c1. The molecule has 1 aliphatic carbocycles. The molecule has 0 aliphatic heterocycles. The zero-order chi connectivity index (χ0) is 23.9. The quantitative estimate of drug-likeness (QED) is 0.366. The number of hydrogen-bond acceptors (Lipinski definition) is 4. The van der Waals surface area contributed by atoms with Gasteiger partial charge in [-0.05, 0) is 56.7 Å². The Morgan fingerprint density at radius 3 is 2.50 bits per heavy atom. The molecule has 5 nitrogen and oxygen atoms in total. The predicted molar refractivity (Wildman–Crippen MR) is 136 cm³/mol. The van der Waals surface area contributed by atoms with Gasteiger partial charge in [0.1, 0.15) is 17.2 Å². The summed E-state index contributed by atoms with van der Waals surface area (Å²) in [6.07, 6.45) is 6.86. The Bertz CT molecular complexity index is 1130. The number of hydrogen-bond donors (Lipinski definition) is 2. The summed E-state index contributed by atoms with van der Waals surface area (Å²) >= 11 is 0. The lowest BCUT2D eigenvalue weighted by molar-refractivity contribution is 0.0948. The number of aromatic hydroxyl groups is 1.